The summed E-state index contributed by atoms with van der Waals surface area (Å²) in [5.41, 5.74) is 2.03. The molecule has 0 saturated heterocycles. The van der Waals surface area contributed by atoms with E-state index in [1.165, 1.54) is 12.5 Å². The second kappa shape index (κ2) is 5.98. The Morgan fingerprint density at radius 1 is 1.33 bits per heavy atom. The Kier molecular flexibility index (Phi) is 4.87. The lowest BCUT2D eigenvalue weighted by molar-refractivity contribution is -0.121. The molecular weight excluding hydrogens is 230 g/mol. The molecule has 0 spiro atoms. The van der Waals surface area contributed by atoms with Crippen LogP contribution in [0.3, 0.4) is 0 Å². The normalized spacial score (nSPS) is 14.1. The number of amides is 1. The number of nitrogens with one attached hydrogen (secondary N) is 1. The number of carbonyl (C=O) groups is 1. The van der Waals surface area contributed by atoms with Gasteiger partial charge < -0.3 is 15.5 Å². The maximum Gasteiger partial charge on any atom is 0.224 e. The molecule has 0 aliphatic heterocycles. The van der Waals surface area contributed by atoms with E-state index >= 15 is 0 Å². The van der Waals surface area contributed by atoms with Crippen LogP contribution < -0.4 is 5.32 Å². The predicted molar refractivity (Wildman–Crippen MR) is 70.3 cm³/mol. The summed E-state index contributed by atoms with van der Waals surface area (Å²) in [6.45, 7) is 5.18. The second-order valence-corrected chi connectivity index (χ2v) is 5.03. The van der Waals surface area contributed by atoms with Gasteiger partial charge >= 0.3 is 0 Å². The zero-order valence-corrected chi connectivity index (χ0v) is 11.2. The van der Waals surface area contributed by atoms with Crippen LogP contribution in [0.4, 0.5) is 0 Å². The molecule has 1 aromatic carbocycles. The average molecular weight is 251 g/mol. The van der Waals surface area contributed by atoms with Crippen molar-refractivity contribution >= 4 is 5.91 Å². The number of aliphatic hydroxyl groups excluding tert-OH is 1. The molecule has 0 saturated carbocycles. The molecule has 4 nitrogen and oxygen atoms in total. The maximum absolute atomic E-state index is 11.7. The number of carbonyl (C=O) groups excluding carboxylic acids is 1. The standard InChI is InChI=1S/C14H21NO3/c1-10-4-5-12(6-11(10)2)7-13(17)15-8-14(3,18)9-16/h4-6,16,18H,7-9H2,1-3H3,(H,15,17). The number of rotatable bonds is 5. The summed E-state index contributed by atoms with van der Waals surface area (Å²) in [4.78, 5) is 11.7. The van der Waals surface area contributed by atoms with Crippen LogP contribution in [0.5, 0.6) is 0 Å². The van der Waals surface area contributed by atoms with Gasteiger partial charge in [-0.3, -0.25) is 4.79 Å². The molecule has 1 aromatic rings. The third-order valence-corrected chi connectivity index (χ3v) is 2.94. The lowest BCUT2D eigenvalue weighted by Gasteiger charge is -2.20. The minimum absolute atomic E-state index is 0.0488. The van der Waals surface area contributed by atoms with Gasteiger partial charge in [-0.15, -0.1) is 0 Å². The van der Waals surface area contributed by atoms with E-state index in [1.54, 1.807) is 0 Å². The molecule has 0 aliphatic rings. The van der Waals surface area contributed by atoms with E-state index in [0.717, 1.165) is 11.1 Å². The van der Waals surface area contributed by atoms with Crippen molar-refractivity contribution in [2.24, 2.45) is 0 Å². The van der Waals surface area contributed by atoms with E-state index in [4.69, 9.17) is 5.11 Å². The molecule has 0 heterocycles. The first-order valence-electron chi connectivity index (χ1n) is 6.00. The van der Waals surface area contributed by atoms with E-state index in [2.05, 4.69) is 5.32 Å². The van der Waals surface area contributed by atoms with Crippen LogP contribution in [0.2, 0.25) is 0 Å². The lowest BCUT2D eigenvalue weighted by atomic mass is 10.0. The van der Waals surface area contributed by atoms with Gasteiger partial charge in [0, 0.05) is 6.54 Å². The van der Waals surface area contributed by atoms with Crippen molar-refractivity contribution in [2.75, 3.05) is 13.2 Å². The minimum Gasteiger partial charge on any atom is -0.393 e. The Balaban J connectivity index is 2.52. The highest BCUT2D eigenvalue weighted by molar-refractivity contribution is 5.78. The van der Waals surface area contributed by atoms with Crippen molar-refractivity contribution in [1.82, 2.24) is 5.32 Å². The molecule has 1 amide bonds. The van der Waals surface area contributed by atoms with Gasteiger partial charge in [-0.1, -0.05) is 18.2 Å². The fraction of sp³-hybridized carbons (Fsp3) is 0.500. The average Bonchev–Trinajstić information content (AvgIpc) is 2.32. The second-order valence-electron chi connectivity index (χ2n) is 5.03. The fourth-order valence-electron chi connectivity index (χ4n) is 1.51. The van der Waals surface area contributed by atoms with Crippen molar-refractivity contribution in [3.63, 3.8) is 0 Å². The Morgan fingerprint density at radius 2 is 2.00 bits per heavy atom. The zero-order valence-electron chi connectivity index (χ0n) is 11.2. The van der Waals surface area contributed by atoms with E-state index in [9.17, 15) is 9.90 Å². The van der Waals surface area contributed by atoms with Crippen molar-refractivity contribution in [3.05, 3.63) is 34.9 Å². The molecule has 0 aromatic heterocycles. The van der Waals surface area contributed by atoms with Crippen molar-refractivity contribution in [2.45, 2.75) is 32.8 Å². The molecule has 0 aliphatic carbocycles. The smallest absolute Gasteiger partial charge is 0.224 e. The number of hydrogen-bond acceptors (Lipinski definition) is 3. The fourth-order valence-corrected chi connectivity index (χ4v) is 1.51. The molecule has 0 bridgehead atoms. The van der Waals surface area contributed by atoms with Crippen LogP contribution >= 0.6 is 0 Å². The molecule has 1 rings (SSSR count). The highest BCUT2D eigenvalue weighted by Crippen LogP contribution is 2.10. The number of aryl methyl sites for hydroxylation is 2. The van der Waals surface area contributed by atoms with Crippen molar-refractivity contribution in [1.29, 1.82) is 0 Å². The molecule has 3 N–H and O–H groups in total. The third kappa shape index (κ3) is 4.47. The predicted octanol–water partition coefficient (Wildman–Crippen LogP) is 0.705. The Bertz CT molecular complexity index is 427. The summed E-state index contributed by atoms with van der Waals surface area (Å²) in [6, 6.07) is 5.90. The topological polar surface area (TPSA) is 69.6 Å². The van der Waals surface area contributed by atoms with Gasteiger partial charge in [-0.05, 0) is 37.5 Å². The third-order valence-electron chi connectivity index (χ3n) is 2.94. The first kappa shape index (κ1) is 14.7. The van der Waals surface area contributed by atoms with Crippen LogP contribution in [-0.4, -0.2) is 34.9 Å². The van der Waals surface area contributed by atoms with Gasteiger partial charge in [0.05, 0.1) is 13.0 Å². The molecule has 0 fully saturated rings. The summed E-state index contributed by atoms with van der Waals surface area (Å²) < 4.78 is 0. The largest absolute Gasteiger partial charge is 0.393 e. The van der Waals surface area contributed by atoms with E-state index in [1.807, 2.05) is 32.0 Å². The van der Waals surface area contributed by atoms with E-state index in [0.29, 0.717) is 0 Å². The summed E-state index contributed by atoms with van der Waals surface area (Å²) in [5, 5.41) is 21.0. The molecule has 1 atom stereocenters. The Labute approximate surface area is 108 Å². The highest BCUT2D eigenvalue weighted by atomic mass is 16.3. The van der Waals surface area contributed by atoms with E-state index in [-0.39, 0.29) is 25.5 Å². The van der Waals surface area contributed by atoms with Gasteiger partial charge in [0.15, 0.2) is 0 Å². The van der Waals surface area contributed by atoms with E-state index < -0.39 is 5.60 Å². The molecule has 4 heteroatoms. The number of hydrogen-bond donors (Lipinski definition) is 3. The van der Waals surface area contributed by atoms with Gasteiger partial charge in [-0.25, -0.2) is 0 Å². The van der Waals surface area contributed by atoms with Crippen LogP contribution in [0.1, 0.15) is 23.6 Å². The summed E-state index contributed by atoms with van der Waals surface area (Å²) >= 11 is 0. The van der Waals surface area contributed by atoms with Gasteiger partial charge in [-0.2, -0.15) is 0 Å². The van der Waals surface area contributed by atoms with Crippen LogP contribution in [0.25, 0.3) is 0 Å². The molecule has 100 valence electrons. The first-order chi connectivity index (χ1) is 8.34. The van der Waals surface area contributed by atoms with Crippen LogP contribution in [0.15, 0.2) is 18.2 Å². The minimum atomic E-state index is -1.27. The van der Waals surface area contributed by atoms with Gasteiger partial charge in [0.25, 0.3) is 0 Å². The van der Waals surface area contributed by atoms with Crippen LogP contribution in [-0.2, 0) is 11.2 Å². The SMILES string of the molecule is Cc1ccc(CC(=O)NCC(C)(O)CO)cc1C. The van der Waals surface area contributed by atoms with Gasteiger partial charge in [0.2, 0.25) is 5.91 Å². The van der Waals surface area contributed by atoms with Crippen molar-refractivity contribution < 1.29 is 15.0 Å². The molecular formula is C14H21NO3. The van der Waals surface area contributed by atoms with Crippen LogP contribution in [0, 0.1) is 13.8 Å². The Morgan fingerprint density at radius 3 is 2.56 bits per heavy atom. The molecule has 1 unspecified atom stereocenters. The lowest BCUT2D eigenvalue weighted by Crippen LogP contribution is -2.43. The summed E-state index contributed by atoms with van der Waals surface area (Å²) in [6.07, 6.45) is 0.280. The summed E-state index contributed by atoms with van der Waals surface area (Å²) in [5.74, 6) is -0.160. The van der Waals surface area contributed by atoms with Crippen molar-refractivity contribution in [3.8, 4) is 0 Å². The maximum atomic E-state index is 11.7. The molecule has 0 radical (unpaired) electrons. The van der Waals surface area contributed by atoms with Gasteiger partial charge in [0.1, 0.15) is 5.60 Å². The Hall–Kier alpha value is -1.39. The highest BCUT2D eigenvalue weighted by Gasteiger charge is 2.19. The zero-order chi connectivity index (χ0) is 13.8. The number of benzene rings is 1. The molecule has 18 heavy (non-hydrogen) atoms. The number of aliphatic hydroxyl groups is 2. The quantitative estimate of drug-likeness (QED) is 0.721. The summed E-state index contributed by atoms with van der Waals surface area (Å²) in [7, 11) is 0. The monoisotopic (exact) mass is 251 g/mol. The first-order valence-corrected chi connectivity index (χ1v) is 6.00.